The molecule has 0 saturated heterocycles. The molecule has 0 amide bonds. The highest BCUT2D eigenvalue weighted by molar-refractivity contribution is 7.80. The van der Waals surface area contributed by atoms with E-state index in [0.29, 0.717) is 18.0 Å². The molecule has 0 saturated carbocycles. The van der Waals surface area contributed by atoms with Crippen molar-refractivity contribution in [3.8, 4) is 10.0 Å². The molecule has 6 heteroatoms. The van der Waals surface area contributed by atoms with E-state index in [-0.39, 0.29) is 5.78 Å². The number of carbonyl (C=O) groups is 1. The Hall–Kier alpha value is -0.720. The lowest BCUT2D eigenvalue weighted by molar-refractivity contribution is 0.0974. The number of unbranched alkanes of at least 4 members (excludes halogenated alkanes) is 4. The van der Waals surface area contributed by atoms with Crippen molar-refractivity contribution in [3.05, 3.63) is 22.1 Å². The van der Waals surface area contributed by atoms with Gasteiger partial charge in [-0.1, -0.05) is 33.1 Å². The minimum atomic E-state index is 0.193. The van der Waals surface area contributed by atoms with Crippen LogP contribution in [-0.2, 0) is 6.42 Å². The number of Topliss-reactive ketones (excluding diaryl/α,β-unsaturated/α-hetero) is 1. The number of nitrogens with zero attached hydrogens (tertiary/aromatic N) is 2. The largest absolute Gasteiger partial charge is 0.292 e. The fraction of sp³-hybridized carbons (Fsp3) is 0.611. The number of rotatable bonds is 11. The van der Waals surface area contributed by atoms with E-state index in [1.165, 1.54) is 19.3 Å². The SMILES string of the molecule is CC(C)Cc1sc(-c2nccs2)nc1C(=O)CCCCCCCS. The number of aromatic nitrogens is 2. The van der Waals surface area contributed by atoms with Gasteiger partial charge >= 0.3 is 0 Å². The van der Waals surface area contributed by atoms with Crippen LogP contribution >= 0.6 is 35.3 Å². The Labute approximate surface area is 158 Å². The summed E-state index contributed by atoms with van der Waals surface area (Å²) < 4.78 is 0. The van der Waals surface area contributed by atoms with Crippen LogP contribution in [0, 0.1) is 5.92 Å². The van der Waals surface area contributed by atoms with Crippen molar-refractivity contribution >= 4 is 41.1 Å². The average molecular weight is 383 g/mol. The lowest BCUT2D eigenvalue weighted by Gasteiger charge is -2.04. The second kappa shape index (κ2) is 10.3. The zero-order valence-electron chi connectivity index (χ0n) is 14.5. The molecule has 0 aliphatic carbocycles. The topological polar surface area (TPSA) is 42.9 Å². The summed E-state index contributed by atoms with van der Waals surface area (Å²) in [6, 6.07) is 0. The number of carbonyl (C=O) groups excluding carboxylic acids is 1. The second-order valence-electron chi connectivity index (χ2n) is 6.39. The van der Waals surface area contributed by atoms with Gasteiger partial charge in [-0.05, 0) is 30.9 Å². The van der Waals surface area contributed by atoms with E-state index in [1.807, 2.05) is 5.38 Å². The molecule has 3 nitrogen and oxygen atoms in total. The summed E-state index contributed by atoms with van der Waals surface area (Å²) in [4.78, 5) is 22.7. The molecule has 2 aromatic heterocycles. The van der Waals surface area contributed by atoms with Crippen LogP contribution in [0.3, 0.4) is 0 Å². The Morgan fingerprint density at radius 1 is 1.17 bits per heavy atom. The Balaban J connectivity index is 2.00. The summed E-state index contributed by atoms with van der Waals surface area (Å²) in [7, 11) is 0. The van der Waals surface area contributed by atoms with Crippen molar-refractivity contribution in [1.82, 2.24) is 9.97 Å². The molecule has 24 heavy (non-hydrogen) atoms. The highest BCUT2D eigenvalue weighted by Crippen LogP contribution is 2.31. The van der Waals surface area contributed by atoms with Gasteiger partial charge in [0.2, 0.25) is 0 Å². The van der Waals surface area contributed by atoms with Crippen molar-refractivity contribution in [2.75, 3.05) is 5.75 Å². The lowest BCUT2D eigenvalue weighted by atomic mass is 10.0. The maximum absolute atomic E-state index is 12.6. The number of thiol groups is 1. The number of ketones is 1. The molecule has 0 radical (unpaired) electrons. The van der Waals surface area contributed by atoms with E-state index in [9.17, 15) is 4.79 Å². The summed E-state index contributed by atoms with van der Waals surface area (Å²) in [5.41, 5.74) is 0.689. The summed E-state index contributed by atoms with van der Waals surface area (Å²) in [6.45, 7) is 4.36. The van der Waals surface area contributed by atoms with Crippen molar-refractivity contribution in [2.24, 2.45) is 5.92 Å². The molecule has 0 unspecified atom stereocenters. The molecule has 0 N–H and O–H groups in total. The van der Waals surface area contributed by atoms with Crippen molar-refractivity contribution < 1.29 is 4.79 Å². The highest BCUT2D eigenvalue weighted by atomic mass is 32.1. The van der Waals surface area contributed by atoms with E-state index >= 15 is 0 Å². The molecule has 0 fully saturated rings. The number of thiazole rings is 2. The first-order chi connectivity index (χ1) is 11.6. The van der Waals surface area contributed by atoms with E-state index in [0.717, 1.165) is 39.9 Å². The Kier molecular flexibility index (Phi) is 8.42. The Morgan fingerprint density at radius 2 is 1.92 bits per heavy atom. The third-order valence-electron chi connectivity index (χ3n) is 3.73. The molecule has 0 spiro atoms. The monoisotopic (exact) mass is 382 g/mol. The van der Waals surface area contributed by atoms with Crippen molar-refractivity contribution in [1.29, 1.82) is 0 Å². The Bertz CT molecular complexity index is 620. The van der Waals surface area contributed by atoms with Gasteiger partial charge in [-0.3, -0.25) is 4.79 Å². The van der Waals surface area contributed by atoms with Crippen LogP contribution in [0.25, 0.3) is 10.0 Å². The van der Waals surface area contributed by atoms with Crippen LogP contribution in [0.5, 0.6) is 0 Å². The lowest BCUT2D eigenvalue weighted by Crippen LogP contribution is -2.05. The van der Waals surface area contributed by atoms with Crippen LogP contribution in [-0.4, -0.2) is 21.5 Å². The van der Waals surface area contributed by atoms with Crippen LogP contribution in [0.2, 0.25) is 0 Å². The number of hydrogen-bond acceptors (Lipinski definition) is 6. The molecule has 132 valence electrons. The summed E-state index contributed by atoms with van der Waals surface area (Å²) in [5.74, 6) is 1.66. The molecule has 2 aromatic rings. The average Bonchev–Trinajstić information content (AvgIpc) is 3.19. The standard InChI is InChI=1S/C18H26N2OS3/c1-13(2)12-15-16(14(21)8-6-4-3-5-7-10-22)20-18(24-15)17-19-9-11-23-17/h9,11,13,22H,3-8,10,12H2,1-2H3. The van der Waals surface area contributed by atoms with E-state index < -0.39 is 0 Å². The third kappa shape index (κ3) is 5.97. The van der Waals surface area contributed by atoms with Crippen LogP contribution in [0.1, 0.15) is 67.7 Å². The summed E-state index contributed by atoms with van der Waals surface area (Å²) in [6.07, 6.45) is 8.93. The Morgan fingerprint density at radius 3 is 2.58 bits per heavy atom. The van der Waals surface area contributed by atoms with Gasteiger partial charge in [-0.2, -0.15) is 12.6 Å². The third-order valence-corrected chi connectivity index (χ3v) is 6.04. The minimum Gasteiger partial charge on any atom is -0.292 e. The van der Waals surface area contributed by atoms with Crippen molar-refractivity contribution in [2.45, 2.75) is 58.8 Å². The van der Waals surface area contributed by atoms with Crippen molar-refractivity contribution in [3.63, 3.8) is 0 Å². The van der Waals surface area contributed by atoms with Gasteiger partial charge < -0.3 is 0 Å². The molecule has 0 aromatic carbocycles. The minimum absolute atomic E-state index is 0.193. The zero-order valence-corrected chi connectivity index (χ0v) is 17.0. The maximum Gasteiger partial charge on any atom is 0.182 e. The van der Waals surface area contributed by atoms with E-state index in [1.54, 1.807) is 28.9 Å². The smallest absolute Gasteiger partial charge is 0.182 e. The van der Waals surface area contributed by atoms with Gasteiger partial charge in [-0.15, -0.1) is 22.7 Å². The number of hydrogen-bond donors (Lipinski definition) is 1. The molecule has 0 atom stereocenters. The maximum atomic E-state index is 12.6. The quantitative estimate of drug-likeness (QED) is 0.298. The molecule has 0 bridgehead atoms. The summed E-state index contributed by atoms with van der Waals surface area (Å²) in [5, 5.41) is 3.75. The molecule has 0 aliphatic rings. The van der Waals surface area contributed by atoms with E-state index in [2.05, 4.69) is 36.4 Å². The van der Waals surface area contributed by atoms with Gasteiger partial charge in [0.25, 0.3) is 0 Å². The molecular weight excluding hydrogens is 356 g/mol. The van der Waals surface area contributed by atoms with Crippen LogP contribution in [0.15, 0.2) is 11.6 Å². The first kappa shape index (κ1) is 19.6. The fourth-order valence-electron chi connectivity index (χ4n) is 2.55. The molecule has 0 aliphatic heterocycles. The van der Waals surface area contributed by atoms with Gasteiger partial charge in [-0.25, -0.2) is 9.97 Å². The molecular formula is C18H26N2OS3. The van der Waals surface area contributed by atoms with Gasteiger partial charge in [0.05, 0.1) is 0 Å². The van der Waals surface area contributed by atoms with Gasteiger partial charge in [0.15, 0.2) is 15.8 Å². The predicted molar refractivity (Wildman–Crippen MR) is 108 cm³/mol. The van der Waals surface area contributed by atoms with E-state index in [4.69, 9.17) is 0 Å². The fourth-order valence-corrected chi connectivity index (χ4v) is 4.74. The zero-order chi connectivity index (χ0) is 17.4. The highest BCUT2D eigenvalue weighted by Gasteiger charge is 2.20. The first-order valence-electron chi connectivity index (χ1n) is 8.65. The van der Waals surface area contributed by atoms with Crippen LogP contribution in [0.4, 0.5) is 0 Å². The molecule has 2 heterocycles. The van der Waals surface area contributed by atoms with Gasteiger partial charge in [0, 0.05) is 22.9 Å². The first-order valence-corrected chi connectivity index (χ1v) is 11.0. The predicted octanol–water partition coefficient (Wildman–Crippen LogP) is 5.92. The van der Waals surface area contributed by atoms with Crippen LogP contribution < -0.4 is 0 Å². The molecule has 2 rings (SSSR count). The van der Waals surface area contributed by atoms with Gasteiger partial charge in [0.1, 0.15) is 5.69 Å². The second-order valence-corrected chi connectivity index (χ2v) is 8.82. The normalized spacial score (nSPS) is 11.3. The summed E-state index contributed by atoms with van der Waals surface area (Å²) >= 11 is 7.44.